The van der Waals surface area contributed by atoms with Crippen LogP contribution < -0.4 is 11.1 Å². The Morgan fingerprint density at radius 2 is 2.00 bits per heavy atom. The van der Waals surface area contributed by atoms with E-state index >= 15 is 0 Å². The van der Waals surface area contributed by atoms with E-state index in [1.807, 2.05) is 36.5 Å². The van der Waals surface area contributed by atoms with E-state index in [2.05, 4.69) is 22.2 Å². The van der Waals surface area contributed by atoms with E-state index in [9.17, 15) is 0 Å². The van der Waals surface area contributed by atoms with Crippen LogP contribution in [0.2, 0.25) is 0 Å². The van der Waals surface area contributed by atoms with Gasteiger partial charge in [0.25, 0.3) is 0 Å². The van der Waals surface area contributed by atoms with Crippen molar-refractivity contribution in [1.82, 2.24) is 9.97 Å². The van der Waals surface area contributed by atoms with Gasteiger partial charge in [0.15, 0.2) is 0 Å². The molecule has 100 valence electrons. The number of fused-ring (bicyclic) bond motifs is 1. The predicted octanol–water partition coefficient (Wildman–Crippen LogP) is 3.13. The van der Waals surface area contributed by atoms with Gasteiger partial charge in [-0.15, -0.1) is 0 Å². The molecule has 0 aliphatic rings. The van der Waals surface area contributed by atoms with Gasteiger partial charge in [0.1, 0.15) is 0 Å². The van der Waals surface area contributed by atoms with E-state index in [1.165, 1.54) is 5.56 Å². The molecule has 0 saturated heterocycles. The number of rotatable bonds is 3. The summed E-state index contributed by atoms with van der Waals surface area (Å²) in [5.41, 5.74) is 11.0. The van der Waals surface area contributed by atoms with Crippen molar-refractivity contribution in [3.63, 3.8) is 0 Å². The van der Waals surface area contributed by atoms with Crippen molar-refractivity contribution >= 4 is 22.3 Å². The van der Waals surface area contributed by atoms with Gasteiger partial charge in [-0.2, -0.15) is 0 Å². The van der Waals surface area contributed by atoms with E-state index in [0.717, 1.165) is 22.2 Å². The summed E-state index contributed by atoms with van der Waals surface area (Å²) in [5, 5.41) is 4.46. The normalized spacial score (nSPS) is 10.7. The Balaban J connectivity index is 1.95. The summed E-state index contributed by atoms with van der Waals surface area (Å²) in [4.78, 5) is 8.44. The number of nitrogens with one attached hydrogen (secondary N) is 1. The maximum absolute atomic E-state index is 6.05. The predicted molar refractivity (Wildman–Crippen MR) is 82.5 cm³/mol. The second-order valence-electron chi connectivity index (χ2n) is 4.76. The van der Waals surface area contributed by atoms with Crippen LogP contribution in [0.1, 0.15) is 11.1 Å². The molecular formula is C16H16N4. The van der Waals surface area contributed by atoms with Crippen molar-refractivity contribution in [2.24, 2.45) is 0 Å². The molecule has 2 heterocycles. The molecule has 0 bridgehead atoms. The lowest BCUT2D eigenvalue weighted by Crippen LogP contribution is -2.05. The van der Waals surface area contributed by atoms with Gasteiger partial charge in [0, 0.05) is 24.3 Å². The standard InChI is InChI=1S/C16H16N4/c1-11-8-18-7-6-12(11)9-20-16-13-4-2-3-5-15(13)19-10-14(16)17/h2-8,10H,9,17H2,1H3,(H,19,20). The number of nitrogens with zero attached hydrogens (tertiary/aromatic N) is 2. The summed E-state index contributed by atoms with van der Waals surface area (Å²) < 4.78 is 0. The molecule has 3 aromatic rings. The molecule has 0 saturated carbocycles. The number of para-hydroxylation sites is 1. The first kappa shape index (κ1) is 12.4. The van der Waals surface area contributed by atoms with Gasteiger partial charge >= 0.3 is 0 Å². The van der Waals surface area contributed by atoms with E-state index in [-0.39, 0.29) is 0 Å². The van der Waals surface area contributed by atoms with Crippen molar-refractivity contribution in [2.45, 2.75) is 13.5 Å². The molecule has 0 aliphatic heterocycles. The molecule has 20 heavy (non-hydrogen) atoms. The molecule has 4 heteroatoms. The smallest absolute Gasteiger partial charge is 0.0743 e. The van der Waals surface area contributed by atoms with E-state index in [1.54, 1.807) is 12.4 Å². The average Bonchev–Trinajstić information content (AvgIpc) is 2.48. The van der Waals surface area contributed by atoms with Crippen LogP contribution in [-0.4, -0.2) is 9.97 Å². The van der Waals surface area contributed by atoms with Gasteiger partial charge in [0.05, 0.1) is 23.1 Å². The largest absolute Gasteiger partial charge is 0.396 e. The second-order valence-corrected chi connectivity index (χ2v) is 4.76. The number of nitrogens with two attached hydrogens (primary N) is 1. The number of hydrogen-bond donors (Lipinski definition) is 2. The first-order chi connectivity index (χ1) is 9.75. The molecule has 0 amide bonds. The fraction of sp³-hybridized carbons (Fsp3) is 0.125. The molecule has 4 nitrogen and oxygen atoms in total. The summed E-state index contributed by atoms with van der Waals surface area (Å²) in [5.74, 6) is 0. The van der Waals surface area contributed by atoms with Gasteiger partial charge in [-0.1, -0.05) is 18.2 Å². The highest BCUT2D eigenvalue weighted by atomic mass is 14.9. The van der Waals surface area contributed by atoms with Crippen LogP contribution in [0.4, 0.5) is 11.4 Å². The number of anilines is 2. The molecule has 2 aromatic heterocycles. The van der Waals surface area contributed by atoms with E-state index in [0.29, 0.717) is 12.2 Å². The first-order valence-electron chi connectivity index (χ1n) is 6.52. The van der Waals surface area contributed by atoms with Crippen LogP contribution >= 0.6 is 0 Å². The van der Waals surface area contributed by atoms with Gasteiger partial charge in [0.2, 0.25) is 0 Å². The zero-order valence-corrected chi connectivity index (χ0v) is 11.3. The van der Waals surface area contributed by atoms with Crippen LogP contribution in [0.3, 0.4) is 0 Å². The van der Waals surface area contributed by atoms with Crippen LogP contribution in [0.15, 0.2) is 48.9 Å². The minimum Gasteiger partial charge on any atom is -0.396 e. The van der Waals surface area contributed by atoms with Crippen molar-refractivity contribution in [3.8, 4) is 0 Å². The molecule has 0 atom stereocenters. The molecule has 1 aromatic carbocycles. The lowest BCUT2D eigenvalue weighted by molar-refractivity contribution is 1.09. The van der Waals surface area contributed by atoms with Crippen molar-refractivity contribution in [2.75, 3.05) is 11.1 Å². The highest BCUT2D eigenvalue weighted by molar-refractivity contribution is 5.96. The van der Waals surface area contributed by atoms with Crippen molar-refractivity contribution in [3.05, 3.63) is 60.0 Å². The Hall–Kier alpha value is -2.62. The molecule has 0 aliphatic carbocycles. The molecule has 0 unspecified atom stereocenters. The van der Waals surface area contributed by atoms with Crippen molar-refractivity contribution in [1.29, 1.82) is 0 Å². The van der Waals surface area contributed by atoms with Gasteiger partial charge in [-0.25, -0.2) is 0 Å². The number of benzene rings is 1. The van der Waals surface area contributed by atoms with Gasteiger partial charge in [-0.3, -0.25) is 9.97 Å². The second kappa shape index (κ2) is 5.17. The summed E-state index contributed by atoms with van der Waals surface area (Å²) in [6, 6.07) is 9.99. The Bertz CT molecular complexity index is 752. The molecule has 3 rings (SSSR count). The first-order valence-corrected chi connectivity index (χ1v) is 6.52. The lowest BCUT2D eigenvalue weighted by Gasteiger charge is -2.13. The van der Waals surface area contributed by atoms with Crippen LogP contribution in [-0.2, 0) is 6.54 Å². The van der Waals surface area contributed by atoms with Crippen molar-refractivity contribution < 1.29 is 0 Å². The third-order valence-corrected chi connectivity index (χ3v) is 3.40. The molecule has 0 spiro atoms. The monoisotopic (exact) mass is 264 g/mol. The number of aromatic nitrogens is 2. The Labute approximate surface area is 117 Å². The summed E-state index contributed by atoms with van der Waals surface area (Å²) in [7, 11) is 0. The third kappa shape index (κ3) is 2.28. The van der Waals surface area contributed by atoms with Crippen LogP contribution in [0.25, 0.3) is 10.9 Å². The number of nitrogen functional groups attached to an aromatic ring is 1. The lowest BCUT2D eigenvalue weighted by atomic mass is 10.1. The Morgan fingerprint density at radius 3 is 2.85 bits per heavy atom. The minimum absolute atomic E-state index is 0.662. The van der Waals surface area contributed by atoms with Crippen LogP contribution in [0.5, 0.6) is 0 Å². The van der Waals surface area contributed by atoms with Gasteiger partial charge in [-0.05, 0) is 30.2 Å². The highest BCUT2D eigenvalue weighted by Crippen LogP contribution is 2.28. The quantitative estimate of drug-likeness (QED) is 0.763. The fourth-order valence-electron chi connectivity index (χ4n) is 2.24. The average molecular weight is 264 g/mol. The topological polar surface area (TPSA) is 63.8 Å². The highest BCUT2D eigenvalue weighted by Gasteiger charge is 2.06. The molecule has 0 radical (unpaired) electrons. The Kier molecular flexibility index (Phi) is 3.21. The fourth-order valence-corrected chi connectivity index (χ4v) is 2.24. The molecular weight excluding hydrogens is 248 g/mol. The Morgan fingerprint density at radius 1 is 1.15 bits per heavy atom. The number of aryl methyl sites for hydroxylation is 1. The maximum Gasteiger partial charge on any atom is 0.0743 e. The molecule has 0 fully saturated rings. The summed E-state index contributed by atoms with van der Waals surface area (Å²) in [6.45, 7) is 2.77. The zero-order chi connectivity index (χ0) is 13.9. The zero-order valence-electron chi connectivity index (χ0n) is 11.3. The number of pyridine rings is 2. The maximum atomic E-state index is 6.05. The summed E-state index contributed by atoms with van der Waals surface area (Å²) >= 11 is 0. The minimum atomic E-state index is 0.662. The van der Waals surface area contributed by atoms with Gasteiger partial charge < -0.3 is 11.1 Å². The van der Waals surface area contributed by atoms with Crippen LogP contribution in [0, 0.1) is 6.92 Å². The SMILES string of the molecule is Cc1cnccc1CNc1c(N)cnc2ccccc12. The van der Waals surface area contributed by atoms with E-state index in [4.69, 9.17) is 5.73 Å². The molecule has 3 N–H and O–H groups in total. The third-order valence-electron chi connectivity index (χ3n) is 3.40. The number of hydrogen-bond acceptors (Lipinski definition) is 4. The summed E-state index contributed by atoms with van der Waals surface area (Å²) in [6.07, 6.45) is 5.37. The van der Waals surface area contributed by atoms with E-state index < -0.39 is 0 Å².